The van der Waals surface area contributed by atoms with Crippen molar-refractivity contribution in [2.45, 2.75) is 40.7 Å². The first-order valence-electron chi connectivity index (χ1n) is 8.40. The maximum atomic E-state index is 15.0. The van der Waals surface area contributed by atoms with Crippen molar-refractivity contribution in [3.63, 3.8) is 0 Å². The smallest absolute Gasteiger partial charge is 0.331 e. The third-order valence-electron chi connectivity index (χ3n) is 4.22. The van der Waals surface area contributed by atoms with E-state index in [2.05, 4.69) is 5.32 Å². The Morgan fingerprint density at radius 1 is 1.08 bits per heavy atom. The molecule has 0 bridgehead atoms. The summed E-state index contributed by atoms with van der Waals surface area (Å²) in [6.07, 6.45) is 1.17. The molecule has 0 aliphatic carbocycles. The fourth-order valence-electron chi connectivity index (χ4n) is 2.81. The molecule has 0 atom stereocenters. The third-order valence-corrected chi connectivity index (χ3v) is 4.22. The Morgan fingerprint density at radius 2 is 1.65 bits per heavy atom. The molecule has 0 aliphatic rings. The summed E-state index contributed by atoms with van der Waals surface area (Å²) in [5.74, 6) is -2.32. The highest BCUT2D eigenvalue weighted by molar-refractivity contribution is 5.92. The lowest BCUT2D eigenvalue weighted by molar-refractivity contribution is -0.132. The van der Waals surface area contributed by atoms with Gasteiger partial charge in [0, 0.05) is 28.4 Å². The molecule has 0 aliphatic heterocycles. The van der Waals surface area contributed by atoms with Crippen molar-refractivity contribution in [2.24, 2.45) is 0 Å². The molecule has 0 saturated heterocycles. The zero-order valence-corrected chi connectivity index (χ0v) is 15.6. The fraction of sp³-hybridized carbons (Fsp3) is 0.286. The van der Waals surface area contributed by atoms with Crippen LogP contribution >= 0.6 is 0 Å². The number of hydrogen-bond donors (Lipinski definition) is 2. The van der Waals surface area contributed by atoms with E-state index in [1.807, 2.05) is 26.0 Å². The Kier molecular flexibility index (Phi) is 5.80. The van der Waals surface area contributed by atoms with Gasteiger partial charge in [0.15, 0.2) is 0 Å². The van der Waals surface area contributed by atoms with Gasteiger partial charge in [-0.2, -0.15) is 0 Å². The van der Waals surface area contributed by atoms with Gasteiger partial charge in [0.05, 0.1) is 0 Å². The van der Waals surface area contributed by atoms with E-state index < -0.39 is 17.6 Å². The van der Waals surface area contributed by atoms with Crippen molar-refractivity contribution in [2.75, 3.05) is 5.32 Å². The van der Waals surface area contributed by atoms with Crippen LogP contribution in [0.4, 0.5) is 14.5 Å². The summed E-state index contributed by atoms with van der Waals surface area (Å²) in [4.78, 5) is 11.0. The second kappa shape index (κ2) is 7.68. The second-order valence-electron chi connectivity index (χ2n) is 6.68. The van der Waals surface area contributed by atoms with Crippen LogP contribution in [0, 0.1) is 25.5 Å². The van der Waals surface area contributed by atoms with E-state index in [0.29, 0.717) is 5.56 Å². The van der Waals surface area contributed by atoms with Crippen LogP contribution in [0.5, 0.6) is 0 Å². The molecular formula is C21H23F2NO2. The Balaban J connectivity index is 2.58. The number of hydrogen-bond acceptors (Lipinski definition) is 2. The van der Waals surface area contributed by atoms with E-state index in [-0.39, 0.29) is 33.9 Å². The minimum atomic E-state index is -1.17. The lowest BCUT2D eigenvalue weighted by Gasteiger charge is -2.16. The molecule has 0 aromatic heterocycles. The molecular weight excluding hydrogens is 336 g/mol. The molecule has 2 rings (SSSR count). The van der Waals surface area contributed by atoms with Crippen LogP contribution in [0.2, 0.25) is 0 Å². The minimum absolute atomic E-state index is 0.0262. The summed E-state index contributed by atoms with van der Waals surface area (Å²) in [7, 11) is 0. The number of benzene rings is 2. The second-order valence-corrected chi connectivity index (χ2v) is 6.68. The molecule has 0 amide bonds. The number of nitrogens with one attached hydrogen (secondary N) is 1. The number of rotatable bonds is 5. The van der Waals surface area contributed by atoms with Crippen LogP contribution in [0.3, 0.4) is 0 Å². The molecule has 2 N–H and O–H groups in total. The van der Waals surface area contributed by atoms with Gasteiger partial charge in [-0.1, -0.05) is 12.1 Å². The molecule has 0 unspecified atom stereocenters. The maximum absolute atomic E-state index is 15.0. The fourth-order valence-corrected chi connectivity index (χ4v) is 2.81. The van der Waals surface area contributed by atoms with E-state index in [9.17, 15) is 13.6 Å². The van der Waals surface area contributed by atoms with Crippen molar-refractivity contribution >= 4 is 17.7 Å². The molecule has 0 saturated carbocycles. The number of halogens is 2. The maximum Gasteiger partial charge on any atom is 0.331 e. The summed E-state index contributed by atoms with van der Waals surface area (Å²) in [5.41, 5.74) is 1.83. The Morgan fingerprint density at radius 3 is 2.15 bits per heavy atom. The van der Waals surface area contributed by atoms with Gasteiger partial charge < -0.3 is 10.4 Å². The zero-order chi connectivity index (χ0) is 19.6. The molecule has 3 nitrogen and oxygen atoms in total. The quantitative estimate of drug-likeness (QED) is 0.688. The number of carboxylic acid groups (broad SMARTS) is 1. The highest BCUT2D eigenvalue weighted by Gasteiger charge is 2.20. The average Bonchev–Trinajstić information content (AvgIpc) is 2.58. The predicted molar refractivity (Wildman–Crippen MR) is 101 cm³/mol. The lowest BCUT2D eigenvalue weighted by atomic mass is 9.92. The van der Waals surface area contributed by atoms with Crippen LogP contribution < -0.4 is 5.32 Å². The van der Waals surface area contributed by atoms with Gasteiger partial charge >= 0.3 is 5.97 Å². The zero-order valence-electron chi connectivity index (χ0n) is 15.6. The van der Waals surface area contributed by atoms with Crippen molar-refractivity contribution < 1.29 is 18.7 Å². The SMILES string of the molecule is C/C(=C\c1c(C)c(F)c(-c2ccc(NC(C)C)cc2)c(C)c1F)C(=O)O. The van der Waals surface area contributed by atoms with Crippen molar-refractivity contribution in [3.05, 3.63) is 58.2 Å². The molecule has 26 heavy (non-hydrogen) atoms. The van der Waals surface area contributed by atoms with Crippen LogP contribution in [0.15, 0.2) is 29.8 Å². The van der Waals surface area contributed by atoms with E-state index in [0.717, 1.165) is 5.69 Å². The van der Waals surface area contributed by atoms with Crippen LogP contribution in [-0.2, 0) is 4.79 Å². The molecule has 0 radical (unpaired) electrons. The number of carboxylic acids is 1. The lowest BCUT2D eigenvalue weighted by Crippen LogP contribution is -2.09. The highest BCUT2D eigenvalue weighted by atomic mass is 19.1. The highest BCUT2D eigenvalue weighted by Crippen LogP contribution is 2.34. The molecule has 0 spiro atoms. The first-order valence-corrected chi connectivity index (χ1v) is 8.40. The number of anilines is 1. The van der Waals surface area contributed by atoms with Gasteiger partial charge in [0.25, 0.3) is 0 Å². The predicted octanol–water partition coefficient (Wildman–Crippen LogP) is 5.56. The monoisotopic (exact) mass is 359 g/mol. The first kappa shape index (κ1) is 19.6. The Hall–Kier alpha value is -2.69. The number of carbonyl (C=O) groups is 1. The van der Waals surface area contributed by atoms with Gasteiger partial charge in [-0.05, 0) is 69.5 Å². The van der Waals surface area contributed by atoms with Gasteiger partial charge in [-0.3, -0.25) is 0 Å². The summed E-state index contributed by atoms with van der Waals surface area (Å²) in [6.45, 7) is 8.34. The molecule has 2 aromatic carbocycles. The van der Waals surface area contributed by atoms with Crippen molar-refractivity contribution in [1.82, 2.24) is 0 Å². The molecule has 0 heterocycles. The largest absolute Gasteiger partial charge is 0.478 e. The molecule has 2 aromatic rings. The number of aliphatic carboxylic acids is 1. The van der Waals surface area contributed by atoms with Crippen molar-refractivity contribution in [1.29, 1.82) is 0 Å². The van der Waals surface area contributed by atoms with E-state index in [4.69, 9.17) is 5.11 Å². The van der Waals surface area contributed by atoms with Crippen LogP contribution in [-0.4, -0.2) is 17.1 Å². The van der Waals surface area contributed by atoms with E-state index >= 15 is 0 Å². The summed E-state index contributed by atoms with van der Waals surface area (Å²) >= 11 is 0. The minimum Gasteiger partial charge on any atom is -0.478 e. The van der Waals surface area contributed by atoms with Gasteiger partial charge in [-0.25, -0.2) is 13.6 Å². The summed E-state index contributed by atoms with van der Waals surface area (Å²) in [6, 6.07) is 7.40. The standard InChI is InChI=1S/C21H23F2NO2/c1-11(2)24-16-8-6-15(7-9-16)18-14(5)19(22)17(13(4)20(18)23)10-12(3)21(25)26/h6-11,24H,1-5H3,(H,25,26)/b12-10+. The Bertz CT molecular complexity index is 840. The molecule has 5 heteroatoms. The molecule has 138 valence electrons. The topological polar surface area (TPSA) is 49.3 Å². The van der Waals surface area contributed by atoms with E-state index in [1.165, 1.54) is 26.8 Å². The van der Waals surface area contributed by atoms with Crippen LogP contribution in [0.25, 0.3) is 17.2 Å². The van der Waals surface area contributed by atoms with Crippen molar-refractivity contribution in [3.8, 4) is 11.1 Å². The van der Waals surface area contributed by atoms with Crippen LogP contribution in [0.1, 0.15) is 37.5 Å². The van der Waals surface area contributed by atoms with E-state index in [1.54, 1.807) is 12.1 Å². The third kappa shape index (κ3) is 3.93. The van der Waals surface area contributed by atoms with Gasteiger partial charge in [0.2, 0.25) is 0 Å². The van der Waals surface area contributed by atoms with Gasteiger partial charge in [0.1, 0.15) is 11.6 Å². The average molecular weight is 359 g/mol. The normalized spacial score (nSPS) is 11.8. The molecule has 0 fully saturated rings. The summed E-state index contributed by atoms with van der Waals surface area (Å²) < 4.78 is 29.8. The first-order chi connectivity index (χ1) is 12.1. The summed E-state index contributed by atoms with van der Waals surface area (Å²) in [5, 5.41) is 12.2. The van der Waals surface area contributed by atoms with Gasteiger partial charge in [-0.15, -0.1) is 0 Å². The Labute approximate surface area is 152 Å².